The fourth-order valence-corrected chi connectivity index (χ4v) is 3.79. The second-order valence-electron chi connectivity index (χ2n) is 6.69. The number of thioether (sulfide) groups is 1. The van der Waals surface area contributed by atoms with Crippen LogP contribution in [0.4, 0.5) is 0 Å². The molecule has 3 aromatic rings. The molecule has 148 valence electrons. The third kappa shape index (κ3) is 7.08. The van der Waals surface area contributed by atoms with Crippen LogP contribution in [0.15, 0.2) is 94.9 Å². The quantitative estimate of drug-likeness (QED) is 0.284. The highest BCUT2D eigenvalue weighted by atomic mass is 35.5. The van der Waals surface area contributed by atoms with Gasteiger partial charge in [0.05, 0.1) is 5.25 Å². The van der Waals surface area contributed by atoms with E-state index in [9.17, 15) is 4.79 Å². The van der Waals surface area contributed by atoms with Gasteiger partial charge < -0.3 is 0 Å². The first kappa shape index (κ1) is 21.2. The smallest absolute Gasteiger partial charge is 0.253 e. The van der Waals surface area contributed by atoms with Crippen LogP contribution in [0.1, 0.15) is 18.1 Å². The van der Waals surface area contributed by atoms with Crippen molar-refractivity contribution < 1.29 is 4.79 Å². The Morgan fingerprint density at radius 3 is 1.93 bits per heavy atom. The van der Waals surface area contributed by atoms with Gasteiger partial charge in [-0.1, -0.05) is 72.3 Å². The van der Waals surface area contributed by atoms with Gasteiger partial charge in [-0.2, -0.15) is 5.10 Å². The molecule has 1 N–H and O–H groups in total. The highest BCUT2D eigenvalue weighted by Gasteiger charge is 2.14. The molecule has 1 atom stereocenters. The van der Waals surface area contributed by atoms with Crippen LogP contribution in [0.3, 0.4) is 0 Å². The first-order valence-electron chi connectivity index (χ1n) is 9.45. The lowest BCUT2D eigenvalue weighted by Crippen LogP contribution is -2.28. The summed E-state index contributed by atoms with van der Waals surface area (Å²) in [6.07, 6.45) is 1.38. The Kier molecular flexibility index (Phi) is 7.91. The van der Waals surface area contributed by atoms with Crippen molar-refractivity contribution in [2.75, 3.05) is 0 Å². The molecule has 3 aromatic carbocycles. The van der Waals surface area contributed by atoms with Crippen LogP contribution < -0.4 is 5.43 Å². The summed E-state index contributed by atoms with van der Waals surface area (Å²) in [6.45, 7) is 1.87. The minimum Gasteiger partial charge on any atom is -0.272 e. The van der Waals surface area contributed by atoms with Crippen molar-refractivity contribution in [1.29, 1.82) is 0 Å². The van der Waals surface area contributed by atoms with E-state index in [1.54, 1.807) is 0 Å². The number of nitrogens with zero attached hydrogens (tertiary/aromatic N) is 1. The second-order valence-corrected chi connectivity index (χ2v) is 8.54. The number of benzene rings is 3. The van der Waals surface area contributed by atoms with Gasteiger partial charge in [0, 0.05) is 28.5 Å². The van der Waals surface area contributed by atoms with Gasteiger partial charge in [-0.05, 0) is 42.3 Å². The number of carbonyl (C=O) groups is 1. The average molecular weight is 423 g/mol. The lowest BCUT2D eigenvalue weighted by molar-refractivity contribution is -0.120. The number of hydrogen-bond acceptors (Lipinski definition) is 3. The molecule has 1 amide bonds. The van der Waals surface area contributed by atoms with E-state index in [0.717, 1.165) is 10.6 Å². The molecule has 0 aliphatic rings. The van der Waals surface area contributed by atoms with Crippen LogP contribution in [0, 0.1) is 0 Å². The fraction of sp³-hybridized carbons (Fsp3) is 0.167. The molecule has 0 unspecified atom stereocenters. The standard InChI is InChI=1S/C24H23ClN2OS/c1-18(29-23-14-12-21(25)13-15-23)24(28)27-26-22(16-19-8-4-2-5-9-19)17-20-10-6-3-7-11-20/h2-15,18H,16-17H2,1H3,(H,27,28)/t18-/m0/s1. The number of hydrogen-bond donors (Lipinski definition) is 1. The molecule has 0 saturated carbocycles. The molecule has 0 heterocycles. The van der Waals surface area contributed by atoms with Crippen molar-refractivity contribution in [3.05, 3.63) is 101 Å². The van der Waals surface area contributed by atoms with Gasteiger partial charge in [-0.3, -0.25) is 4.79 Å². The van der Waals surface area contributed by atoms with Crippen molar-refractivity contribution in [1.82, 2.24) is 5.43 Å². The zero-order chi connectivity index (χ0) is 20.5. The lowest BCUT2D eigenvalue weighted by atomic mass is 10.0. The molecule has 0 spiro atoms. The number of carbonyl (C=O) groups excluding carboxylic acids is 1. The topological polar surface area (TPSA) is 41.5 Å². The summed E-state index contributed by atoms with van der Waals surface area (Å²) in [6, 6.07) is 27.8. The Hall–Kier alpha value is -2.56. The molecular formula is C24H23ClN2OS. The van der Waals surface area contributed by atoms with Crippen LogP contribution in [-0.4, -0.2) is 16.9 Å². The summed E-state index contributed by atoms with van der Waals surface area (Å²) in [7, 11) is 0. The summed E-state index contributed by atoms with van der Waals surface area (Å²) >= 11 is 7.40. The number of nitrogens with one attached hydrogen (secondary N) is 1. The van der Waals surface area contributed by atoms with Gasteiger partial charge in [-0.15, -0.1) is 11.8 Å². The van der Waals surface area contributed by atoms with Crippen LogP contribution in [0.5, 0.6) is 0 Å². The maximum absolute atomic E-state index is 12.6. The SMILES string of the molecule is C[C@H](Sc1ccc(Cl)cc1)C(=O)NN=C(Cc1ccccc1)Cc1ccccc1. The molecule has 0 aromatic heterocycles. The minimum atomic E-state index is -0.269. The molecule has 0 radical (unpaired) electrons. The van der Waals surface area contributed by atoms with Crippen LogP contribution >= 0.6 is 23.4 Å². The molecule has 3 nitrogen and oxygen atoms in total. The Morgan fingerprint density at radius 2 is 1.41 bits per heavy atom. The van der Waals surface area contributed by atoms with E-state index in [1.807, 2.05) is 67.6 Å². The van der Waals surface area contributed by atoms with E-state index in [1.165, 1.54) is 22.9 Å². The maximum atomic E-state index is 12.6. The molecule has 0 aliphatic heterocycles. The van der Waals surface area contributed by atoms with Gasteiger partial charge in [0.15, 0.2) is 0 Å². The zero-order valence-electron chi connectivity index (χ0n) is 16.2. The highest BCUT2D eigenvalue weighted by molar-refractivity contribution is 8.00. The van der Waals surface area contributed by atoms with E-state index in [0.29, 0.717) is 17.9 Å². The predicted molar refractivity (Wildman–Crippen MR) is 123 cm³/mol. The van der Waals surface area contributed by atoms with E-state index >= 15 is 0 Å². The van der Waals surface area contributed by atoms with E-state index in [2.05, 4.69) is 34.8 Å². The van der Waals surface area contributed by atoms with Crippen molar-refractivity contribution in [3.8, 4) is 0 Å². The van der Waals surface area contributed by atoms with E-state index < -0.39 is 0 Å². The summed E-state index contributed by atoms with van der Waals surface area (Å²) < 4.78 is 0. The van der Waals surface area contributed by atoms with Gasteiger partial charge in [-0.25, -0.2) is 5.43 Å². The van der Waals surface area contributed by atoms with Gasteiger partial charge in [0.25, 0.3) is 5.91 Å². The molecule has 5 heteroatoms. The molecular weight excluding hydrogens is 400 g/mol. The average Bonchev–Trinajstić information content (AvgIpc) is 2.75. The third-order valence-electron chi connectivity index (χ3n) is 4.32. The van der Waals surface area contributed by atoms with Gasteiger partial charge in [0.1, 0.15) is 0 Å². The Balaban J connectivity index is 1.67. The molecule has 29 heavy (non-hydrogen) atoms. The molecule has 0 aliphatic carbocycles. The van der Waals surface area contributed by atoms with Crippen molar-refractivity contribution in [2.45, 2.75) is 29.9 Å². The van der Waals surface area contributed by atoms with Crippen molar-refractivity contribution >= 4 is 35.0 Å². The van der Waals surface area contributed by atoms with Crippen LogP contribution in [0.25, 0.3) is 0 Å². The van der Waals surface area contributed by atoms with E-state index in [-0.39, 0.29) is 11.2 Å². The van der Waals surface area contributed by atoms with Crippen molar-refractivity contribution in [2.24, 2.45) is 5.10 Å². The summed E-state index contributed by atoms with van der Waals surface area (Å²) in [5.41, 5.74) is 6.01. The Bertz CT molecular complexity index is 900. The normalized spacial score (nSPS) is 11.5. The molecule has 0 bridgehead atoms. The van der Waals surface area contributed by atoms with E-state index in [4.69, 9.17) is 11.6 Å². The monoisotopic (exact) mass is 422 g/mol. The molecule has 3 rings (SSSR count). The van der Waals surface area contributed by atoms with Gasteiger partial charge >= 0.3 is 0 Å². The number of halogens is 1. The van der Waals surface area contributed by atoms with Crippen LogP contribution in [0.2, 0.25) is 5.02 Å². The van der Waals surface area contributed by atoms with Crippen molar-refractivity contribution in [3.63, 3.8) is 0 Å². The molecule has 0 fully saturated rings. The first-order valence-corrected chi connectivity index (χ1v) is 10.7. The molecule has 0 saturated heterocycles. The lowest BCUT2D eigenvalue weighted by Gasteiger charge is -2.12. The fourth-order valence-electron chi connectivity index (χ4n) is 2.80. The maximum Gasteiger partial charge on any atom is 0.253 e. The Morgan fingerprint density at radius 1 is 0.897 bits per heavy atom. The predicted octanol–water partition coefficient (Wildman–Crippen LogP) is 5.78. The second kappa shape index (κ2) is 10.8. The summed E-state index contributed by atoms with van der Waals surface area (Å²) in [5, 5.41) is 4.89. The number of rotatable bonds is 8. The number of hydrazone groups is 1. The highest BCUT2D eigenvalue weighted by Crippen LogP contribution is 2.24. The summed E-state index contributed by atoms with van der Waals surface area (Å²) in [5.74, 6) is -0.122. The van der Waals surface area contributed by atoms with Crippen LogP contribution in [-0.2, 0) is 17.6 Å². The summed E-state index contributed by atoms with van der Waals surface area (Å²) in [4.78, 5) is 13.6. The third-order valence-corrected chi connectivity index (χ3v) is 5.69. The Labute approximate surface area is 181 Å². The van der Waals surface area contributed by atoms with Gasteiger partial charge in [0.2, 0.25) is 0 Å². The minimum absolute atomic E-state index is 0.122. The zero-order valence-corrected chi connectivity index (χ0v) is 17.8. The largest absolute Gasteiger partial charge is 0.272 e. The number of amides is 1. The first-order chi connectivity index (χ1) is 14.1.